The molecule has 0 unspecified atom stereocenters. The Morgan fingerprint density at radius 3 is 1.50 bits per heavy atom. The molecular weight excluding hydrogens is 739 g/mol. The number of methoxy groups -OCH3 is 2. The summed E-state index contributed by atoms with van der Waals surface area (Å²) in [5, 5.41) is 23.6. The second-order valence-electron chi connectivity index (χ2n) is 14.2. The molecule has 4 aliphatic heterocycles. The Morgan fingerprint density at radius 2 is 1.09 bits per heavy atom. The van der Waals surface area contributed by atoms with E-state index in [4.69, 9.17) is 19.5 Å². The molecule has 0 bridgehead atoms. The minimum absolute atomic E-state index is 0.208. The summed E-state index contributed by atoms with van der Waals surface area (Å²) in [7, 11) is 2.93. The van der Waals surface area contributed by atoms with E-state index in [9.17, 15) is 19.8 Å². The fourth-order valence-electron chi connectivity index (χ4n) is 7.90. The first-order valence-electron chi connectivity index (χ1n) is 18.7. The number of benzene rings is 2. The second kappa shape index (κ2) is 15.2. The molecule has 2 aromatic carbocycles. The van der Waals surface area contributed by atoms with Crippen LogP contribution in [0.1, 0.15) is 79.4 Å². The van der Waals surface area contributed by atoms with Gasteiger partial charge in [0.25, 0.3) is 11.8 Å². The van der Waals surface area contributed by atoms with Crippen LogP contribution in [0.3, 0.4) is 0 Å². The van der Waals surface area contributed by atoms with Gasteiger partial charge < -0.3 is 29.5 Å². The van der Waals surface area contributed by atoms with Crippen molar-refractivity contribution in [3.8, 4) is 11.5 Å². The predicted molar refractivity (Wildman–Crippen MR) is 214 cm³/mol. The smallest absolute Gasteiger partial charge is 0.257 e. The highest BCUT2D eigenvalue weighted by atomic mass is 16.5. The molecule has 0 aliphatic carbocycles. The number of aliphatic hydroxyl groups is 2. The average molecular weight is 776 g/mol. The molecule has 4 atom stereocenters. The Hall–Kier alpha value is -6.97. The third kappa shape index (κ3) is 6.59. The van der Waals surface area contributed by atoms with E-state index in [1.807, 2.05) is 12.2 Å². The lowest BCUT2D eigenvalue weighted by Crippen LogP contribution is -2.43. The summed E-state index contributed by atoms with van der Waals surface area (Å²) in [6.45, 7) is 0.760. The maximum atomic E-state index is 13.9. The van der Waals surface area contributed by atoms with Gasteiger partial charge in [-0.3, -0.25) is 24.6 Å². The number of carbonyl (C=O) groups is 2. The van der Waals surface area contributed by atoms with Gasteiger partial charge >= 0.3 is 0 Å². The molecule has 7 heterocycles. The van der Waals surface area contributed by atoms with Gasteiger partial charge in [0.1, 0.15) is 36.4 Å². The molecule has 3 aromatic heterocycles. The van der Waals surface area contributed by atoms with Crippen molar-refractivity contribution < 1.29 is 29.3 Å². The summed E-state index contributed by atoms with van der Waals surface area (Å²) in [4.78, 5) is 61.9. The number of hydrogen-bond acceptors (Lipinski definition) is 13. The number of ether oxygens (including phenoxy) is 2. The molecule has 2 amide bonds. The van der Waals surface area contributed by atoms with Crippen LogP contribution in [0.5, 0.6) is 11.5 Å². The summed E-state index contributed by atoms with van der Waals surface area (Å²) < 4.78 is 11.4. The minimum Gasteiger partial charge on any atom is -0.496 e. The van der Waals surface area contributed by atoms with Crippen LogP contribution in [-0.2, 0) is 0 Å². The Labute approximate surface area is 332 Å². The summed E-state index contributed by atoms with van der Waals surface area (Å²) >= 11 is 0. The summed E-state index contributed by atoms with van der Waals surface area (Å²) in [5.74, 6) is 0.142. The molecular formula is C43H37N9O6. The van der Waals surface area contributed by atoms with Gasteiger partial charge in [-0.2, -0.15) is 0 Å². The molecule has 0 saturated heterocycles. The van der Waals surface area contributed by atoms with Crippen molar-refractivity contribution in [2.45, 2.75) is 37.1 Å². The van der Waals surface area contributed by atoms with Crippen molar-refractivity contribution in [1.29, 1.82) is 0 Å². The number of fused-ring (bicyclic) bond motifs is 4. The number of aromatic nitrogens is 5. The molecule has 0 saturated carbocycles. The van der Waals surface area contributed by atoms with Crippen molar-refractivity contribution in [1.82, 2.24) is 34.7 Å². The molecule has 58 heavy (non-hydrogen) atoms. The van der Waals surface area contributed by atoms with E-state index in [-0.39, 0.29) is 46.8 Å². The zero-order chi connectivity index (χ0) is 39.9. The average Bonchev–Trinajstić information content (AvgIpc) is 3.51. The summed E-state index contributed by atoms with van der Waals surface area (Å²) in [5.41, 5.74) is 6.44. The summed E-state index contributed by atoms with van der Waals surface area (Å²) in [6.07, 6.45) is 15.9. The van der Waals surface area contributed by atoms with Gasteiger partial charge in [0, 0.05) is 72.6 Å². The fourth-order valence-corrected chi connectivity index (χ4v) is 7.90. The molecule has 5 aromatic rings. The number of nitrogens with zero attached hydrogens (tertiary/aromatic N) is 9. The third-order valence-corrected chi connectivity index (χ3v) is 11.0. The number of aliphatic imine (C=N–C) groups is 2. The quantitative estimate of drug-likeness (QED) is 0.219. The number of amides is 2. The van der Waals surface area contributed by atoms with Gasteiger partial charge in [-0.15, -0.1) is 0 Å². The molecule has 0 fully saturated rings. The lowest BCUT2D eigenvalue weighted by atomic mass is 9.95. The van der Waals surface area contributed by atoms with Gasteiger partial charge in [-0.25, -0.2) is 19.9 Å². The maximum Gasteiger partial charge on any atom is 0.257 e. The second-order valence-corrected chi connectivity index (χ2v) is 14.2. The lowest BCUT2D eigenvalue weighted by molar-refractivity contribution is 0.0740. The van der Waals surface area contributed by atoms with Crippen molar-refractivity contribution in [3.63, 3.8) is 0 Å². The van der Waals surface area contributed by atoms with Gasteiger partial charge in [0.05, 0.1) is 60.2 Å². The zero-order valence-corrected chi connectivity index (χ0v) is 31.5. The number of rotatable bonds is 8. The monoisotopic (exact) mass is 775 g/mol. The SMILES string of the molecule is COc1cc2c(cc1[C@H](O)c1cccc([C@@H](O)c3cc4c(cc3OC)C(=O)N3CC=C(c5cncnc5)C[C@H]3C=N4)n1)N=C[C@@H]1CC(c3cncnc3)=CCN1C2=O. The van der Waals surface area contributed by atoms with E-state index in [2.05, 4.69) is 24.9 Å². The number of carbonyl (C=O) groups excluding carboxylic acids is 2. The summed E-state index contributed by atoms with van der Waals surface area (Å²) in [6, 6.07) is 10.8. The number of aliphatic hydroxyl groups excluding tert-OH is 2. The van der Waals surface area contributed by atoms with Gasteiger partial charge in [0.15, 0.2) is 0 Å². The topological polar surface area (TPSA) is 189 Å². The van der Waals surface area contributed by atoms with Gasteiger partial charge in [0.2, 0.25) is 0 Å². The predicted octanol–water partition coefficient (Wildman–Crippen LogP) is 4.87. The van der Waals surface area contributed by atoms with Crippen LogP contribution in [0.4, 0.5) is 11.4 Å². The first-order valence-corrected chi connectivity index (χ1v) is 18.7. The number of pyridine rings is 1. The number of hydrogen-bond donors (Lipinski definition) is 2. The normalized spacial score (nSPS) is 19.4. The molecule has 9 rings (SSSR count). The first kappa shape index (κ1) is 36.7. The highest BCUT2D eigenvalue weighted by molar-refractivity contribution is 6.05. The Kier molecular flexibility index (Phi) is 9.59. The largest absolute Gasteiger partial charge is 0.496 e. The van der Waals surface area contributed by atoms with Crippen LogP contribution in [0.2, 0.25) is 0 Å². The molecule has 0 radical (unpaired) electrons. The first-order chi connectivity index (χ1) is 28.3. The van der Waals surface area contributed by atoms with Crippen LogP contribution in [0.25, 0.3) is 11.1 Å². The van der Waals surface area contributed by atoms with E-state index >= 15 is 0 Å². The van der Waals surface area contributed by atoms with E-state index < -0.39 is 12.2 Å². The fraction of sp³-hybridized carbons (Fsp3) is 0.233. The molecule has 0 spiro atoms. The van der Waals surface area contributed by atoms with Crippen molar-refractivity contribution in [3.05, 3.63) is 137 Å². The standard InChI is InChI=1S/C43H37N9O6/c1-57-38-14-30-36(48-20-28-10-24(6-8-51(28)42(30)55)26-16-44-22-45-17-26)12-32(38)40(53)34-4-3-5-35(50-34)41(54)33-13-37-31(15-39(33)58-2)43(56)52-9-7-25(11-29(52)21-49-37)27-18-46-23-47-19-27/h3-7,12-23,28-29,40-41,53-54H,8-11H2,1-2H3/t28-,29-,40-,41-/m0/s1. The third-order valence-electron chi connectivity index (χ3n) is 11.0. The van der Waals surface area contributed by atoms with Crippen LogP contribution in [0, 0.1) is 0 Å². The molecule has 2 N–H and O–H groups in total. The lowest BCUT2D eigenvalue weighted by Gasteiger charge is -2.32. The highest BCUT2D eigenvalue weighted by Gasteiger charge is 2.35. The van der Waals surface area contributed by atoms with E-state index in [0.29, 0.717) is 59.6 Å². The van der Waals surface area contributed by atoms with E-state index in [1.165, 1.54) is 26.9 Å². The zero-order valence-electron chi connectivity index (χ0n) is 31.5. The van der Waals surface area contributed by atoms with Crippen molar-refractivity contribution in [2.24, 2.45) is 9.98 Å². The Morgan fingerprint density at radius 1 is 0.655 bits per heavy atom. The molecule has 4 aliphatic rings. The molecule has 290 valence electrons. The van der Waals surface area contributed by atoms with Crippen molar-refractivity contribution >= 4 is 46.8 Å². The van der Waals surface area contributed by atoms with Crippen molar-refractivity contribution in [2.75, 3.05) is 27.3 Å². The van der Waals surface area contributed by atoms with E-state index in [0.717, 1.165) is 22.3 Å². The van der Waals surface area contributed by atoms with Crippen LogP contribution >= 0.6 is 0 Å². The van der Waals surface area contributed by atoms with Gasteiger partial charge in [-0.1, -0.05) is 18.2 Å². The van der Waals surface area contributed by atoms with Gasteiger partial charge in [-0.05, 0) is 60.4 Å². The van der Waals surface area contributed by atoms with Crippen LogP contribution in [-0.4, -0.2) is 109 Å². The molecule has 15 nitrogen and oxygen atoms in total. The maximum absolute atomic E-state index is 13.9. The van der Waals surface area contributed by atoms with Crippen LogP contribution < -0.4 is 9.47 Å². The highest BCUT2D eigenvalue weighted by Crippen LogP contribution is 2.41. The Balaban J connectivity index is 0.987. The minimum atomic E-state index is -1.32. The Bertz CT molecular complexity index is 2390. The van der Waals surface area contributed by atoms with Crippen LogP contribution in [0.15, 0.2) is 102 Å². The van der Waals surface area contributed by atoms with E-state index in [1.54, 1.807) is 89.5 Å². The molecule has 15 heteroatoms.